The molecule has 7 heteroatoms. The van der Waals surface area contributed by atoms with Gasteiger partial charge in [0.1, 0.15) is 0 Å². The largest absolute Gasteiger partial charge is 0.355 e. The third-order valence-electron chi connectivity index (χ3n) is 2.54. The summed E-state index contributed by atoms with van der Waals surface area (Å²) in [5, 5.41) is 5.23. The Morgan fingerprint density at radius 3 is 2.10 bits per heavy atom. The van der Waals surface area contributed by atoms with Gasteiger partial charge in [0.05, 0.1) is 11.3 Å². The molecule has 0 heterocycles. The molecule has 20 heavy (non-hydrogen) atoms. The fraction of sp³-hybridized carbons (Fsp3) is 0.385. The average molecular weight is 298 g/mol. The standard InChI is InChI=1S/C13H18N2O4S/c1-10(16)14-7-8-15-13(17)9-11-3-5-12(6-4-11)20(2,18)19/h3-6H,7-9H2,1-2H3,(H,14,16)(H,15,17). The van der Waals surface area contributed by atoms with Crippen LogP contribution in [-0.2, 0) is 25.8 Å². The van der Waals surface area contributed by atoms with Crippen molar-refractivity contribution in [3.05, 3.63) is 29.8 Å². The molecular formula is C13H18N2O4S. The molecule has 2 amide bonds. The topological polar surface area (TPSA) is 92.3 Å². The van der Waals surface area contributed by atoms with Crippen molar-refractivity contribution in [1.29, 1.82) is 0 Å². The Bertz CT molecular complexity index is 579. The number of rotatable bonds is 6. The quantitative estimate of drug-likeness (QED) is 0.716. The van der Waals surface area contributed by atoms with Gasteiger partial charge in [0.2, 0.25) is 11.8 Å². The van der Waals surface area contributed by atoms with E-state index in [-0.39, 0.29) is 23.1 Å². The summed E-state index contributed by atoms with van der Waals surface area (Å²) in [6, 6.07) is 6.19. The second-order valence-electron chi connectivity index (χ2n) is 4.43. The minimum atomic E-state index is -3.21. The Balaban J connectivity index is 2.44. The van der Waals surface area contributed by atoms with E-state index in [1.54, 1.807) is 12.1 Å². The molecule has 0 aliphatic carbocycles. The number of amides is 2. The lowest BCUT2D eigenvalue weighted by molar-refractivity contribution is -0.121. The molecule has 0 aliphatic heterocycles. The highest BCUT2D eigenvalue weighted by molar-refractivity contribution is 7.90. The molecule has 6 nitrogen and oxygen atoms in total. The van der Waals surface area contributed by atoms with Gasteiger partial charge in [-0.3, -0.25) is 9.59 Å². The highest BCUT2D eigenvalue weighted by Gasteiger charge is 2.08. The van der Waals surface area contributed by atoms with Crippen molar-refractivity contribution in [3.63, 3.8) is 0 Å². The maximum Gasteiger partial charge on any atom is 0.224 e. The third kappa shape index (κ3) is 5.83. The number of carbonyl (C=O) groups is 2. The Kier molecular flexibility index (Phi) is 5.69. The van der Waals surface area contributed by atoms with Gasteiger partial charge in [0.25, 0.3) is 0 Å². The summed E-state index contributed by atoms with van der Waals surface area (Å²) in [4.78, 5) is 22.4. The lowest BCUT2D eigenvalue weighted by Crippen LogP contribution is -2.34. The van der Waals surface area contributed by atoms with Crippen LogP contribution in [0.1, 0.15) is 12.5 Å². The molecule has 0 bridgehead atoms. The summed E-state index contributed by atoms with van der Waals surface area (Å²) in [5.74, 6) is -0.321. The van der Waals surface area contributed by atoms with Crippen LogP contribution in [0.5, 0.6) is 0 Å². The Hall–Kier alpha value is -1.89. The molecular weight excluding hydrogens is 280 g/mol. The second kappa shape index (κ2) is 7.04. The van der Waals surface area contributed by atoms with Crippen molar-refractivity contribution in [2.45, 2.75) is 18.2 Å². The smallest absolute Gasteiger partial charge is 0.224 e. The van der Waals surface area contributed by atoms with Gasteiger partial charge in [-0.2, -0.15) is 0 Å². The molecule has 110 valence electrons. The van der Waals surface area contributed by atoms with E-state index in [4.69, 9.17) is 0 Å². The van der Waals surface area contributed by atoms with Crippen LogP contribution in [0.15, 0.2) is 29.2 Å². The van der Waals surface area contributed by atoms with Gasteiger partial charge in [0.15, 0.2) is 9.84 Å². The Morgan fingerprint density at radius 2 is 1.60 bits per heavy atom. The highest BCUT2D eigenvalue weighted by atomic mass is 32.2. The van der Waals surface area contributed by atoms with E-state index in [1.807, 2.05) is 0 Å². The van der Waals surface area contributed by atoms with E-state index >= 15 is 0 Å². The first kappa shape index (κ1) is 16.2. The van der Waals surface area contributed by atoms with Gasteiger partial charge < -0.3 is 10.6 Å². The predicted molar refractivity (Wildman–Crippen MR) is 74.9 cm³/mol. The number of sulfone groups is 1. The van der Waals surface area contributed by atoms with Crippen LogP contribution >= 0.6 is 0 Å². The van der Waals surface area contributed by atoms with Crippen molar-refractivity contribution >= 4 is 21.7 Å². The third-order valence-corrected chi connectivity index (χ3v) is 3.67. The van der Waals surface area contributed by atoms with Crippen LogP contribution in [0.3, 0.4) is 0 Å². The minimum absolute atomic E-state index is 0.143. The Labute approximate surface area is 118 Å². The van der Waals surface area contributed by atoms with Gasteiger partial charge in [0, 0.05) is 26.3 Å². The minimum Gasteiger partial charge on any atom is -0.355 e. The monoisotopic (exact) mass is 298 g/mol. The van der Waals surface area contributed by atoms with Gasteiger partial charge in [-0.1, -0.05) is 12.1 Å². The first-order valence-corrected chi connectivity index (χ1v) is 7.98. The number of carbonyl (C=O) groups excluding carboxylic acids is 2. The molecule has 0 aliphatic rings. The summed E-state index contributed by atoms with van der Waals surface area (Å²) < 4.78 is 22.6. The zero-order valence-electron chi connectivity index (χ0n) is 11.5. The zero-order valence-corrected chi connectivity index (χ0v) is 12.3. The van der Waals surface area contributed by atoms with Crippen LogP contribution in [-0.4, -0.2) is 39.6 Å². The second-order valence-corrected chi connectivity index (χ2v) is 6.44. The lowest BCUT2D eigenvalue weighted by atomic mass is 10.1. The molecule has 1 rings (SSSR count). The summed E-state index contributed by atoms with van der Waals surface area (Å²) in [5.41, 5.74) is 0.731. The average Bonchev–Trinajstić information content (AvgIpc) is 2.34. The van der Waals surface area contributed by atoms with Gasteiger partial charge >= 0.3 is 0 Å². The van der Waals surface area contributed by atoms with Crippen molar-refractivity contribution in [2.24, 2.45) is 0 Å². The normalized spacial score (nSPS) is 10.9. The van der Waals surface area contributed by atoms with Crippen LogP contribution in [0.4, 0.5) is 0 Å². The van der Waals surface area contributed by atoms with E-state index < -0.39 is 9.84 Å². The number of hydrogen-bond donors (Lipinski definition) is 2. The van der Waals surface area contributed by atoms with E-state index in [0.717, 1.165) is 11.8 Å². The van der Waals surface area contributed by atoms with Crippen LogP contribution in [0.2, 0.25) is 0 Å². The summed E-state index contributed by atoms with van der Waals surface area (Å²) in [6.07, 6.45) is 1.31. The van der Waals surface area contributed by atoms with E-state index in [9.17, 15) is 18.0 Å². The van der Waals surface area contributed by atoms with Crippen LogP contribution in [0.25, 0.3) is 0 Å². The molecule has 0 spiro atoms. The SMILES string of the molecule is CC(=O)NCCNC(=O)Cc1ccc(S(C)(=O)=O)cc1. The molecule has 0 aromatic heterocycles. The van der Waals surface area contributed by atoms with Crippen molar-refractivity contribution in [3.8, 4) is 0 Å². The summed E-state index contributed by atoms with van der Waals surface area (Å²) >= 11 is 0. The van der Waals surface area contributed by atoms with Crippen molar-refractivity contribution in [1.82, 2.24) is 10.6 Å². The van der Waals surface area contributed by atoms with Gasteiger partial charge in [-0.25, -0.2) is 8.42 Å². The molecule has 1 aromatic rings. The molecule has 1 aromatic carbocycles. The zero-order chi connectivity index (χ0) is 15.2. The maximum atomic E-state index is 11.6. The predicted octanol–water partition coefficient (Wildman–Crippen LogP) is -0.115. The fourth-order valence-electron chi connectivity index (χ4n) is 1.54. The Morgan fingerprint density at radius 1 is 1.05 bits per heavy atom. The molecule has 0 radical (unpaired) electrons. The molecule has 0 saturated heterocycles. The summed E-state index contributed by atoms with van der Waals surface area (Å²) in [7, 11) is -3.21. The molecule has 2 N–H and O–H groups in total. The van der Waals surface area contributed by atoms with E-state index in [0.29, 0.717) is 13.1 Å². The van der Waals surface area contributed by atoms with Gasteiger partial charge in [-0.05, 0) is 17.7 Å². The fourth-order valence-corrected chi connectivity index (χ4v) is 2.17. The van der Waals surface area contributed by atoms with E-state index in [1.165, 1.54) is 19.1 Å². The molecule has 0 unspecified atom stereocenters. The van der Waals surface area contributed by atoms with Crippen molar-refractivity contribution in [2.75, 3.05) is 19.3 Å². The van der Waals surface area contributed by atoms with Crippen LogP contribution in [0, 0.1) is 0 Å². The van der Waals surface area contributed by atoms with Crippen molar-refractivity contribution < 1.29 is 18.0 Å². The molecule has 0 saturated carbocycles. The first-order valence-electron chi connectivity index (χ1n) is 6.09. The number of benzene rings is 1. The van der Waals surface area contributed by atoms with Gasteiger partial charge in [-0.15, -0.1) is 0 Å². The maximum absolute atomic E-state index is 11.6. The molecule has 0 atom stereocenters. The van der Waals surface area contributed by atoms with Crippen LogP contribution < -0.4 is 10.6 Å². The molecule has 0 fully saturated rings. The lowest BCUT2D eigenvalue weighted by Gasteiger charge is -2.06. The highest BCUT2D eigenvalue weighted by Crippen LogP contribution is 2.10. The number of nitrogens with one attached hydrogen (secondary N) is 2. The summed E-state index contributed by atoms with van der Waals surface area (Å²) in [6.45, 7) is 2.15. The van der Waals surface area contributed by atoms with E-state index in [2.05, 4.69) is 10.6 Å². The number of hydrogen-bond acceptors (Lipinski definition) is 4. The first-order chi connectivity index (χ1) is 9.29.